The summed E-state index contributed by atoms with van der Waals surface area (Å²) in [7, 11) is 0. The zero-order chi connectivity index (χ0) is 11.3. The number of unbranched alkanes of at least 4 members (excludes halogenated alkanes) is 1. The number of hydrogen-bond acceptors (Lipinski definition) is 1. The van der Waals surface area contributed by atoms with Gasteiger partial charge < -0.3 is 5.11 Å². The van der Waals surface area contributed by atoms with Crippen LogP contribution in [-0.2, 0) is 19.3 Å². The predicted octanol–water partition coefficient (Wildman–Crippen LogP) is 3.86. The van der Waals surface area contributed by atoms with Gasteiger partial charge in [-0.3, -0.25) is 0 Å². The van der Waals surface area contributed by atoms with Gasteiger partial charge in [-0.15, -0.1) is 0 Å². The molecular formula is C14H22O. The van der Waals surface area contributed by atoms with Crippen molar-refractivity contribution in [1.82, 2.24) is 0 Å². The van der Waals surface area contributed by atoms with Crippen molar-refractivity contribution in [1.29, 1.82) is 0 Å². The van der Waals surface area contributed by atoms with Crippen LogP contribution in [0.2, 0.25) is 0 Å². The van der Waals surface area contributed by atoms with Gasteiger partial charge in [0.1, 0.15) is 5.75 Å². The minimum Gasteiger partial charge on any atom is -0.508 e. The van der Waals surface area contributed by atoms with Gasteiger partial charge in [0.05, 0.1) is 0 Å². The molecule has 0 fully saturated rings. The molecule has 0 bridgehead atoms. The Morgan fingerprint density at radius 1 is 1.00 bits per heavy atom. The first-order valence-electron chi connectivity index (χ1n) is 6.07. The van der Waals surface area contributed by atoms with Gasteiger partial charge in [0.15, 0.2) is 0 Å². The number of benzene rings is 1. The molecule has 0 aliphatic rings. The van der Waals surface area contributed by atoms with Gasteiger partial charge in [-0.1, -0.05) is 33.3 Å². The first-order valence-corrected chi connectivity index (χ1v) is 6.07. The van der Waals surface area contributed by atoms with E-state index in [-0.39, 0.29) is 0 Å². The molecule has 0 amide bonds. The van der Waals surface area contributed by atoms with Gasteiger partial charge in [0.25, 0.3) is 0 Å². The van der Waals surface area contributed by atoms with Crippen molar-refractivity contribution in [3.05, 3.63) is 28.8 Å². The number of aryl methyl sites for hydroxylation is 1. The van der Waals surface area contributed by atoms with E-state index in [9.17, 15) is 5.11 Å². The van der Waals surface area contributed by atoms with E-state index in [4.69, 9.17) is 0 Å². The molecule has 0 spiro atoms. The van der Waals surface area contributed by atoms with Gasteiger partial charge in [-0.25, -0.2) is 0 Å². The van der Waals surface area contributed by atoms with E-state index in [2.05, 4.69) is 26.8 Å². The second-order valence-corrected chi connectivity index (χ2v) is 4.01. The van der Waals surface area contributed by atoms with Crippen molar-refractivity contribution < 1.29 is 5.11 Å². The quantitative estimate of drug-likeness (QED) is 0.775. The van der Waals surface area contributed by atoms with Crippen LogP contribution >= 0.6 is 0 Å². The fourth-order valence-corrected chi connectivity index (χ4v) is 2.13. The molecule has 0 heterocycles. The Kier molecular flexibility index (Phi) is 4.67. The van der Waals surface area contributed by atoms with Crippen molar-refractivity contribution in [3.8, 4) is 5.75 Å². The predicted molar refractivity (Wildman–Crippen MR) is 65.5 cm³/mol. The average Bonchev–Trinajstić information content (AvgIpc) is 2.27. The van der Waals surface area contributed by atoms with Crippen LogP contribution in [0.25, 0.3) is 0 Å². The van der Waals surface area contributed by atoms with Gasteiger partial charge >= 0.3 is 0 Å². The maximum Gasteiger partial charge on any atom is 0.119 e. The topological polar surface area (TPSA) is 20.2 Å². The lowest BCUT2D eigenvalue weighted by Crippen LogP contribution is -1.99. The van der Waals surface area contributed by atoms with Crippen LogP contribution in [0, 0.1) is 0 Å². The number of phenols is 1. The van der Waals surface area contributed by atoms with Crippen LogP contribution in [0.1, 0.15) is 50.3 Å². The van der Waals surface area contributed by atoms with Crippen LogP contribution < -0.4 is 0 Å². The summed E-state index contributed by atoms with van der Waals surface area (Å²) in [6.45, 7) is 6.53. The Labute approximate surface area is 93.1 Å². The fourth-order valence-electron chi connectivity index (χ4n) is 2.13. The second-order valence-electron chi connectivity index (χ2n) is 4.01. The summed E-state index contributed by atoms with van der Waals surface area (Å²) in [4.78, 5) is 0. The fraction of sp³-hybridized carbons (Fsp3) is 0.571. The molecule has 0 radical (unpaired) electrons. The highest BCUT2D eigenvalue weighted by Gasteiger charge is 2.09. The normalized spacial score (nSPS) is 10.6. The molecule has 0 aromatic heterocycles. The number of phenolic OH excluding ortho intramolecular Hbond substituents is 1. The highest BCUT2D eigenvalue weighted by Crippen LogP contribution is 2.27. The van der Waals surface area contributed by atoms with Gasteiger partial charge in [0.2, 0.25) is 0 Å². The van der Waals surface area contributed by atoms with E-state index < -0.39 is 0 Å². The highest BCUT2D eigenvalue weighted by atomic mass is 16.3. The third kappa shape index (κ3) is 2.74. The van der Waals surface area contributed by atoms with Crippen molar-refractivity contribution in [2.75, 3.05) is 0 Å². The van der Waals surface area contributed by atoms with E-state index in [0.29, 0.717) is 5.75 Å². The minimum absolute atomic E-state index is 0.484. The Morgan fingerprint density at radius 2 is 1.73 bits per heavy atom. The third-order valence-electron chi connectivity index (χ3n) is 3.02. The molecule has 0 saturated heterocycles. The summed E-state index contributed by atoms with van der Waals surface area (Å²) in [5.74, 6) is 0.484. The molecule has 1 aromatic rings. The molecule has 84 valence electrons. The molecule has 0 unspecified atom stereocenters. The lowest BCUT2D eigenvalue weighted by molar-refractivity contribution is 0.465. The van der Waals surface area contributed by atoms with Crippen molar-refractivity contribution in [2.45, 2.75) is 52.9 Å². The molecule has 0 saturated carbocycles. The molecule has 15 heavy (non-hydrogen) atoms. The van der Waals surface area contributed by atoms with Crippen molar-refractivity contribution in [3.63, 3.8) is 0 Å². The van der Waals surface area contributed by atoms with E-state index >= 15 is 0 Å². The van der Waals surface area contributed by atoms with Crippen molar-refractivity contribution in [2.24, 2.45) is 0 Å². The number of aromatic hydroxyl groups is 1. The maximum absolute atomic E-state index is 9.87. The zero-order valence-electron chi connectivity index (χ0n) is 10.1. The molecule has 1 aromatic carbocycles. The summed E-state index contributed by atoms with van der Waals surface area (Å²) < 4.78 is 0. The standard InChI is InChI=1S/C14H22O/c1-4-7-8-13-12(6-3)11(5-2)9-10-14(13)15/h9-10,15H,4-8H2,1-3H3. The number of hydrogen-bond donors (Lipinski definition) is 1. The lowest BCUT2D eigenvalue weighted by atomic mass is 9.93. The molecule has 1 N–H and O–H groups in total. The van der Waals surface area contributed by atoms with E-state index in [1.54, 1.807) is 0 Å². The maximum atomic E-state index is 9.87. The summed E-state index contributed by atoms with van der Waals surface area (Å²) >= 11 is 0. The summed E-state index contributed by atoms with van der Waals surface area (Å²) in [5.41, 5.74) is 3.94. The first kappa shape index (κ1) is 12.1. The average molecular weight is 206 g/mol. The van der Waals surface area contributed by atoms with Gasteiger partial charge in [0, 0.05) is 0 Å². The smallest absolute Gasteiger partial charge is 0.119 e. The van der Waals surface area contributed by atoms with Crippen LogP contribution in [0.4, 0.5) is 0 Å². The summed E-state index contributed by atoms with van der Waals surface area (Å²) in [6.07, 6.45) is 5.44. The minimum atomic E-state index is 0.484. The molecular weight excluding hydrogens is 184 g/mol. The Balaban J connectivity index is 3.07. The van der Waals surface area contributed by atoms with Crippen LogP contribution in [-0.4, -0.2) is 5.11 Å². The Morgan fingerprint density at radius 3 is 2.27 bits per heavy atom. The highest BCUT2D eigenvalue weighted by molar-refractivity contribution is 5.44. The molecule has 0 atom stereocenters. The van der Waals surface area contributed by atoms with Crippen LogP contribution in [0.3, 0.4) is 0 Å². The van der Waals surface area contributed by atoms with Crippen LogP contribution in [0.15, 0.2) is 12.1 Å². The molecule has 0 aliphatic carbocycles. The first-order chi connectivity index (χ1) is 7.24. The SMILES string of the molecule is CCCCc1c(O)ccc(CC)c1CC. The zero-order valence-corrected chi connectivity index (χ0v) is 10.1. The Bertz CT molecular complexity index is 315. The lowest BCUT2D eigenvalue weighted by Gasteiger charge is -2.14. The molecule has 1 nitrogen and oxygen atoms in total. The summed E-state index contributed by atoms with van der Waals surface area (Å²) in [6, 6.07) is 3.91. The van der Waals surface area contributed by atoms with E-state index in [0.717, 1.165) is 25.7 Å². The van der Waals surface area contributed by atoms with Crippen LogP contribution in [0.5, 0.6) is 5.75 Å². The van der Waals surface area contributed by atoms with E-state index in [1.807, 2.05) is 6.07 Å². The summed E-state index contributed by atoms with van der Waals surface area (Å²) in [5, 5.41) is 9.87. The monoisotopic (exact) mass is 206 g/mol. The van der Waals surface area contributed by atoms with Gasteiger partial charge in [-0.2, -0.15) is 0 Å². The molecule has 1 rings (SSSR count). The van der Waals surface area contributed by atoms with Crippen molar-refractivity contribution >= 4 is 0 Å². The van der Waals surface area contributed by atoms with E-state index in [1.165, 1.54) is 23.1 Å². The third-order valence-corrected chi connectivity index (χ3v) is 3.02. The number of rotatable bonds is 5. The Hall–Kier alpha value is -0.980. The van der Waals surface area contributed by atoms with Gasteiger partial charge in [-0.05, 0) is 48.4 Å². The molecule has 1 heteroatoms. The largest absolute Gasteiger partial charge is 0.508 e. The second kappa shape index (κ2) is 5.79. The molecule has 0 aliphatic heterocycles.